The first kappa shape index (κ1) is 14.0. The molecule has 0 aromatic heterocycles. The molecule has 1 saturated carbocycles. The van der Waals surface area contributed by atoms with E-state index < -0.39 is 5.54 Å². The third-order valence-electron chi connectivity index (χ3n) is 4.45. The summed E-state index contributed by atoms with van der Waals surface area (Å²) in [6.07, 6.45) is 2.18. The van der Waals surface area contributed by atoms with Crippen LogP contribution in [0.5, 0.6) is 0 Å². The van der Waals surface area contributed by atoms with E-state index in [9.17, 15) is 14.0 Å². The lowest BCUT2D eigenvalue weighted by atomic mass is 9.94. The number of halogens is 1. The Bertz CT molecular complexity index is 585. The van der Waals surface area contributed by atoms with Crippen LogP contribution in [0.2, 0.25) is 0 Å². The Hall–Kier alpha value is -1.91. The van der Waals surface area contributed by atoms with Crippen LogP contribution in [-0.2, 0) is 16.1 Å². The Morgan fingerprint density at radius 3 is 2.71 bits per heavy atom. The fourth-order valence-corrected chi connectivity index (χ4v) is 2.99. The van der Waals surface area contributed by atoms with Gasteiger partial charge < -0.3 is 10.2 Å². The number of nitrogens with one attached hydrogen (secondary N) is 1. The van der Waals surface area contributed by atoms with Crippen LogP contribution in [0, 0.1) is 11.7 Å². The molecule has 1 aromatic carbocycles. The lowest BCUT2D eigenvalue weighted by molar-refractivity contribution is -0.139. The number of carbonyl (C=O) groups excluding carboxylic acids is 2. The molecule has 112 valence electrons. The van der Waals surface area contributed by atoms with Crippen LogP contribution in [-0.4, -0.2) is 28.8 Å². The van der Waals surface area contributed by atoms with Gasteiger partial charge in [0.25, 0.3) is 0 Å². The van der Waals surface area contributed by atoms with Gasteiger partial charge in [0.15, 0.2) is 0 Å². The average molecular weight is 290 g/mol. The molecule has 1 saturated heterocycles. The molecule has 3 rings (SSSR count). The van der Waals surface area contributed by atoms with Crippen molar-refractivity contribution in [3.8, 4) is 0 Å². The molecule has 5 heteroatoms. The van der Waals surface area contributed by atoms with Gasteiger partial charge in [0, 0.05) is 25.1 Å². The van der Waals surface area contributed by atoms with Gasteiger partial charge >= 0.3 is 0 Å². The molecule has 4 nitrogen and oxygen atoms in total. The third kappa shape index (κ3) is 2.64. The monoisotopic (exact) mass is 290 g/mol. The zero-order valence-corrected chi connectivity index (χ0v) is 12.1. The number of amides is 2. The van der Waals surface area contributed by atoms with Gasteiger partial charge in [0.05, 0.1) is 0 Å². The van der Waals surface area contributed by atoms with Gasteiger partial charge in [0.2, 0.25) is 11.8 Å². The van der Waals surface area contributed by atoms with E-state index in [4.69, 9.17) is 0 Å². The molecule has 1 atom stereocenters. The maximum atomic E-state index is 13.8. The van der Waals surface area contributed by atoms with E-state index in [1.165, 1.54) is 6.07 Å². The van der Waals surface area contributed by atoms with Crippen LogP contribution in [0.4, 0.5) is 4.39 Å². The highest BCUT2D eigenvalue weighted by molar-refractivity contribution is 5.93. The van der Waals surface area contributed by atoms with Crippen LogP contribution in [0.3, 0.4) is 0 Å². The van der Waals surface area contributed by atoms with E-state index >= 15 is 0 Å². The number of benzene rings is 1. The summed E-state index contributed by atoms with van der Waals surface area (Å²) in [4.78, 5) is 26.3. The second-order valence-corrected chi connectivity index (χ2v) is 6.09. The molecule has 2 fully saturated rings. The van der Waals surface area contributed by atoms with Gasteiger partial charge in [-0.2, -0.15) is 0 Å². The second-order valence-electron chi connectivity index (χ2n) is 6.09. The Labute approximate surface area is 123 Å². The minimum Gasteiger partial charge on any atom is -0.342 e. The Morgan fingerprint density at radius 1 is 1.33 bits per heavy atom. The summed E-state index contributed by atoms with van der Waals surface area (Å²) in [5.41, 5.74) is -0.350. The lowest BCUT2D eigenvalue weighted by Crippen LogP contribution is -2.56. The predicted molar refractivity (Wildman–Crippen MR) is 75.7 cm³/mol. The summed E-state index contributed by atoms with van der Waals surface area (Å²) in [6, 6.07) is 6.45. The molecule has 1 aliphatic heterocycles. The molecular formula is C16H19FN2O2. The van der Waals surface area contributed by atoms with E-state index in [2.05, 4.69) is 5.32 Å². The summed E-state index contributed by atoms with van der Waals surface area (Å²) < 4.78 is 13.8. The average Bonchev–Trinajstić information content (AvgIpc) is 3.28. The van der Waals surface area contributed by atoms with E-state index in [0.29, 0.717) is 12.1 Å². The maximum Gasteiger partial charge on any atom is 0.248 e. The highest BCUT2D eigenvalue weighted by Crippen LogP contribution is 2.41. The van der Waals surface area contributed by atoms with Gasteiger partial charge in [-0.05, 0) is 31.7 Å². The quantitative estimate of drug-likeness (QED) is 0.923. The second kappa shape index (κ2) is 5.13. The SMILES string of the molecule is CC1(C2CC2)NC(=O)CCN(Cc2ccccc2F)C1=O. The molecule has 2 amide bonds. The van der Waals surface area contributed by atoms with Gasteiger partial charge in [-0.15, -0.1) is 0 Å². The number of carbonyl (C=O) groups is 2. The van der Waals surface area contributed by atoms with Crippen molar-refractivity contribution < 1.29 is 14.0 Å². The minimum atomic E-state index is -0.834. The first-order valence-corrected chi connectivity index (χ1v) is 7.34. The first-order chi connectivity index (χ1) is 10.0. The van der Waals surface area contributed by atoms with E-state index in [0.717, 1.165) is 12.8 Å². The normalized spacial score (nSPS) is 26.5. The van der Waals surface area contributed by atoms with Crippen molar-refractivity contribution in [1.82, 2.24) is 10.2 Å². The molecule has 0 spiro atoms. The summed E-state index contributed by atoms with van der Waals surface area (Å²) in [6.45, 7) is 2.34. The number of hydrogen-bond acceptors (Lipinski definition) is 2. The Kier molecular flexibility index (Phi) is 3.43. The third-order valence-corrected chi connectivity index (χ3v) is 4.45. The van der Waals surface area contributed by atoms with Gasteiger partial charge in [-0.25, -0.2) is 4.39 Å². The predicted octanol–water partition coefficient (Wildman–Crippen LogP) is 1.84. The van der Waals surface area contributed by atoms with Crippen LogP contribution < -0.4 is 5.32 Å². The molecule has 0 radical (unpaired) electrons. The van der Waals surface area contributed by atoms with Crippen molar-refractivity contribution >= 4 is 11.8 Å². The molecule has 1 N–H and O–H groups in total. The van der Waals surface area contributed by atoms with Gasteiger partial charge in [-0.3, -0.25) is 9.59 Å². The number of nitrogens with zero attached hydrogens (tertiary/aromatic N) is 1. The van der Waals surface area contributed by atoms with Gasteiger partial charge in [-0.1, -0.05) is 18.2 Å². The van der Waals surface area contributed by atoms with Gasteiger partial charge in [0.1, 0.15) is 11.4 Å². The highest BCUT2D eigenvalue weighted by Gasteiger charge is 2.51. The number of hydrogen-bond donors (Lipinski definition) is 1. The molecular weight excluding hydrogens is 271 g/mol. The van der Waals surface area contributed by atoms with Crippen LogP contribution in [0.1, 0.15) is 31.7 Å². The molecule has 0 bridgehead atoms. The zero-order valence-electron chi connectivity index (χ0n) is 12.1. The molecule has 1 aliphatic carbocycles. The van der Waals surface area contributed by atoms with E-state index in [-0.39, 0.29) is 36.5 Å². The smallest absolute Gasteiger partial charge is 0.248 e. The van der Waals surface area contributed by atoms with Crippen molar-refractivity contribution in [2.75, 3.05) is 6.54 Å². The largest absolute Gasteiger partial charge is 0.342 e. The molecule has 21 heavy (non-hydrogen) atoms. The molecule has 1 aromatic rings. The van der Waals surface area contributed by atoms with Crippen molar-refractivity contribution in [1.29, 1.82) is 0 Å². The van der Waals surface area contributed by atoms with Crippen molar-refractivity contribution in [3.63, 3.8) is 0 Å². The minimum absolute atomic E-state index is 0.0981. The van der Waals surface area contributed by atoms with Crippen molar-refractivity contribution in [3.05, 3.63) is 35.6 Å². The van der Waals surface area contributed by atoms with Crippen molar-refractivity contribution in [2.24, 2.45) is 5.92 Å². The molecule has 2 aliphatic rings. The van der Waals surface area contributed by atoms with Crippen LogP contribution in [0.15, 0.2) is 24.3 Å². The maximum absolute atomic E-state index is 13.8. The molecule has 1 heterocycles. The summed E-state index contributed by atoms with van der Waals surface area (Å²) in [7, 11) is 0. The highest BCUT2D eigenvalue weighted by atomic mass is 19.1. The van der Waals surface area contributed by atoms with E-state index in [1.807, 2.05) is 0 Å². The zero-order chi connectivity index (χ0) is 15.0. The summed E-state index contributed by atoms with van der Waals surface area (Å²) in [5.74, 6) is -0.315. The van der Waals surface area contributed by atoms with Crippen molar-refractivity contribution in [2.45, 2.75) is 38.3 Å². The van der Waals surface area contributed by atoms with E-state index in [1.54, 1.807) is 30.0 Å². The molecule has 1 unspecified atom stereocenters. The summed E-state index contributed by atoms with van der Waals surface area (Å²) >= 11 is 0. The standard InChI is InChI=1S/C16H19FN2O2/c1-16(12-6-7-12)15(21)19(9-8-14(20)18-16)10-11-4-2-3-5-13(11)17/h2-5,12H,6-10H2,1H3,(H,18,20). The topological polar surface area (TPSA) is 49.4 Å². The fraction of sp³-hybridized carbons (Fsp3) is 0.500. The first-order valence-electron chi connectivity index (χ1n) is 7.34. The Balaban J connectivity index is 1.85. The van der Waals surface area contributed by atoms with Crippen LogP contribution >= 0.6 is 0 Å². The fourth-order valence-electron chi connectivity index (χ4n) is 2.99. The lowest BCUT2D eigenvalue weighted by Gasteiger charge is -2.32. The number of rotatable bonds is 3. The summed E-state index contributed by atoms with van der Waals surface area (Å²) in [5, 5.41) is 2.87. The Morgan fingerprint density at radius 2 is 2.05 bits per heavy atom. The van der Waals surface area contributed by atoms with Crippen LogP contribution in [0.25, 0.3) is 0 Å².